The maximum absolute atomic E-state index is 5.17. The van der Waals surface area contributed by atoms with Gasteiger partial charge in [-0.1, -0.05) is 11.8 Å². The molecule has 0 fully saturated rings. The van der Waals surface area contributed by atoms with Crippen molar-refractivity contribution in [3.63, 3.8) is 0 Å². The zero-order valence-corrected chi connectivity index (χ0v) is 6.78. The van der Waals surface area contributed by atoms with Crippen LogP contribution in [-0.2, 0) is 9.16 Å². The summed E-state index contributed by atoms with van der Waals surface area (Å²) in [6.45, 7) is 0. The molecule has 0 bridgehead atoms. The summed E-state index contributed by atoms with van der Waals surface area (Å²) in [5, 5.41) is 1.01. The zero-order chi connectivity index (χ0) is 6.69. The van der Waals surface area contributed by atoms with Crippen LogP contribution in [0.15, 0.2) is 23.2 Å². The smallest absolute Gasteiger partial charge is 0.271 e. The van der Waals surface area contributed by atoms with Gasteiger partial charge in [0.15, 0.2) is 0 Å². The summed E-state index contributed by atoms with van der Waals surface area (Å²) in [7, 11) is 2.18. The minimum absolute atomic E-state index is 1.01. The summed E-state index contributed by atoms with van der Waals surface area (Å²) in [6.07, 6.45) is 3.94. The fourth-order valence-electron chi connectivity index (χ4n) is 0.820. The topological polar surface area (TPSA) is 18.5 Å². The summed E-state index contributed by atoms with van der Waals surface area (Å²) in [5.41, 5.74) is 2.08. The van der Waals surface area contributed by atoms with E-state index in [4.69, 9.17) is 9.16 Å². The fraction of sp³-hybridized carbons (Fsp3) is 0.333. The van der Waals surface area contributed by atoms with Crippen LogP contribution in [0.5, 0.6) is 0 Å². The third kappa shape index (κ3) is 1.23. The number of hydrogen-bond donors (Lipinski definition) is 0. The Morgan fingerprint density at radius 3 is 2.67 bits per heavy atom. The van der Waals surface area contributed by atoms with Crippen molar-refractivity contribution < 1.29 is 9.16 Å². The molecular formula is C6H10O2Si. The van der Waals surface area contributed by atoms with E-state index in [-0.39, 0.29) is 0 Å². The second kappa shape index (κ2) is 2.84. The van der Waals surface area contributed by atoms with Gasteiger partial charge in [-0.05, 0) is 6.08 Å². The fourth-order valence-corrected chi connectivity index (χ4v) is 2.25. The Labute approximate surface area is 56.5 Å². The molecule has 0 aromatic rings. The number of allylic oxidation sites excluding steroid dienone is 2. The predicted octanol–water partition coefficient (Wildman–Crippen LogP) is 0.535. The third-order valence-corrected chi connectivity index (χ3v) is 3.39. The van der Waals surface area contributed by atoms with Crippen molar-refractivity contribution in [1.29, 1.82) is 0 Å². The molecule has 9 heavy (non-hydrogen) atoms. The van der Waals surface area contributed by atoms with Crippen LogP contribution in [-0.4, -0.2) is 23.3 Å². The van der Waals surface area contributed by atoms with E-state index in [9.17, 15) is 0 Å². The van der Waals surface area contributed by atoms with Crippen LogP contribution in [0.4, 0.5) is 0 Å². The predicted molar refractivity (Wildman–Crippen MR) is 38.4 cm³/mol. The zero-order valence-electron chi connectivity index (χ0n) is 5.63. The van der Waals surface area contributed by atoms with Crippen molar-refractivity contribution in [3.05, 3.63) is 23.2 Å². The Hall–Kier alpha value is -0.543. The van der Waals surface area contributed by atoms with Gasteiger partial charge in [0.1, 0.15) is 5.38 Å². The Bertz CT molecular complexity index is 151. The Balaban J connectivity index is 2.55. The lowest BCUT2D eigenvalue weighted by Gasteiger charge is -2.06. The molecule has 0 aliphatic carbocycles. The van der Waals surface area contributed by atoms with Gasteiger partial charge < -0.3 is 9.16 Å². The van der Waals surface area contributed by atoms with Crippen LogP contribution in [0, 0.1) is 0 Å². The molecule has 2 nitrogen and oxygen atoms in total. The van der Waals surface area contributed by atoms with Gasteiger partial charge in [0.2, 0.25) is 0 Å². The molecule has 1 rings (SSSR count). The molecule has 0 aromatic heterocycles. The van der Waals surface area contributed by atoms with E-state index in [1.54, 1.807) is 14.2 Å². The minimum atomic E-state index is -1.22. The van der Waals surface area contributed by atoms with Crippen LogP contribution in [0.1, 0.15) is 0 Å². The second-order valence-electron chi connectivity index (χ2n) is 1.81. The molecular weight excluding hydrogens is 132 g/mol. The molecule has 3 heteroatoms. The van der Waals surface area contributed by atoms with Crippen molar-refractivity contribution >= 4 is 9.04 Å². The molecule has 0 spiro atoms. The van der Waals surface area contributed by atoms with E-state index in [1.165, 1.54) is 0 Å². The Morgan fingerprint density at radius 2 is 2.22 bits per heavy atom. The minimum Gasteiger partial charge on any atom is -0.503 e. The monoisotopic (exact) mass is 142 g/mol. The largest absolute Gasteiger partial charge is 0.503 e. The lowest BCUT2D eigenvalue weighted by atomic mass is 10.6. The maximum atomic E-state index is 5.17. The summed E-state index contributed by atoms with van der Waals surface area (Å²) >= 11 is 0. The molecule has 0 N–H and O–H groups in total. The van der Waals surface area contributed by atoms with Crippen LogP contribution >= 0.6 is 0 Å². The summed E-state index contributed by atoms with van der Waals surface area (Å²) in [4.78, 5) is 0. The highest BCUT2D eigenvalue weighted by Crippen LogP contribution is 2.10. The van der Waals surface area contributed by atoms with Crippen molar-refractivity contribution in [3.8, 4) is 0 Å². The molecule has 0 aromatic carbocycles. The number of methoxy groups -OCH3 is 1. The molecule has 0 saturated heterocycles. The van der Waals surface area contributed by atoms with Crippen molar-refractivity contribution in [2.45, 2.75) is 0 Å². The molecule has 1 aliphatic heterocycles. The van der Waals surface area contributed by atoms with Crippen LogP contribution < -0.4 is 0 Å². The first-order chi connectivity index (χ1) is 4.38. The average Bonchev–Trinajstić information content (AvgIpc) is 2.33. The first-order valence-corrected chi connectivity index (χ1v) is 4.55. The van der Waals surface area contributed by atoms with Gasteiger partial charge in [0, 0.05) is 7.11 Å². The normalized spacial score (nSPS) is 24.2. The van der Waals surface area contributed by atoms with E-state index in [0.29, 0.717) is 0 Å². The molecule has 0 amide bonds. The maximum Gasteiger partial charge on any atom is 0.271 e. The van der Waals surface area contributed by atoms with Crippen LogP contribution in [0.25, 0.3) is 0 Å². The summed E-state index contributed by atoms with van der Waals surface area (Å²) in [5.74, 6) is 0. The van der Waals surface area contributed by atoms with Crippen molar-refractivity contribution in [2.24, 2.45) is 0 Å². The second-order valence-corrected chi connectivity index (χ2v) is 4.08. The number of hydrogen-bond acceptors (Lipinski definition) is 2. The van der Waals surface area contributed by atoms with Crippen molar-refractivity contribution in [2.75, 3.05) is 14.2 Å². The van der Waals surface area contributed by atoms with Gasteiger partial charge in [0.05, 0.1) is 7.11 Å². The van der Waals surface area contributed by atoms with Gasteiger partial charge >= 0.3 is 0 Å². The van der Waals surface area contributed by atoms with E-state index in [2.05, 4.69) is 5.70 Å². The molecule has 1 heterocycles. The summed E-state index contributed by atoms with van der Waals surface area (Å²) in [6, 6.07) is 0. The number of ether oxygens (including phenoxy) is 1. The van der Waals surface area contributed by atoms with E-state index in [1.807, 2.05) is 12.2 Å². The van der Waals surface area contributed by atoms with Gasteiger partial charge in [-0.3, -0.25) is 0 Å². The Kier molecular flexibility index (Phi) is 2.08. The lowest BCUT2D eigenvalue weighted by Crippen LogP contribution is -2.15. The van der Waals surface area contributed by atoms with Gasteiger partial charge in [-0.2, -0.15) is 0 Å². The highest BCUT2D eigenvalue weighted by Gasteiger charge is 2.16. The molecule has 1 aliphatic rings. The third-order valence-electron chi connectivity index (χ3n) is 1.32. The van der Waals surface area contributed by atoms with Gasteiger partial charge in [0.25, 0.3) is 9.04 Å². The molecule has 0 saturated carbocycles. The molecule has 50 valence electrons. The molecule has 0 radical (unpaired) electrons. The lowest BCUT2D eigenvalue weighted by molar-refractivity contribution is 0.300. The Morgan fingerprint density at radius 1 is 1.44 bits per heavy atom. The van der Waals surface area contributed by atoms with E-state index < -0.39 is 9.04 Å². The SMILES string of the molecule is COC1=CC=C[SiH]1OC. The highest BCUT2D eigenvalue weighted by molar-refractivity contribution is 6.66. The van der Waals surface area contributed by atoms with Gasteiger partial charge in [-0.15, -0.1) is 0 Å². The van der Waals surface area contributed by atoms with Crippen LogP contribution in [0.3, 0.4) is 0 Å². The first-order valence-electron chi connectivity index (χ1n) is 2.83. The van der Waals surface area contributed by atoms with Crippen LogP contribution in [0.2, 0.25) is 0 Å². The van der Waals surface area contributed by atoms with Gasteiger partial charge in [-0.25, -0.2) is 0 Å². The van der Waals surface area contributed by atoms with E-state index in [0.717, 1.165) is 5.38 Å². The summed E-state index contributed by atoms with van der Waals surface area (Å²) < 4.78 is 10.2. The first kappa shape index (κ1) is 6.58. The van der Waals surface area contributed by atoms with E-state index >= 15 is 0 Å². The molecule has 1 atom stereocenters. The highest BCUT2D eigenvalue weighted by atomic mass is 28.3. The standard InChI is InChI=1S/C6H10O2Si/c1-7-6-4-3-5-9(6)8-2/h3-5,9H,1-2H3. The molecule has 1 unspecified atom stereocenters. The van der Waals surface area contributed by atoms with Crippen molar-refractivity contribution in [1.82, 2.24) is 0 Å². The quantitative estimate of drug-likeness (QED) is 0.524. The number of rotatable bonds is 2. The average molecular weight is 142 g/mol.